The minimum absolute atomic E-state index is 0.0171. The van der Waals surface area contributed by atoms with E-state index < -0.39 is 0 Å². The van der Waals surface area contributed by atoms with Gasteiger partial charge in [-0.1, -0.05) is 0 Å². The summed E-state index contributed by atoms with van der Waals surface area (Å²) in [5, 5.41) is 12.0. The zero-order valence-electron chi connectivity index (χ0n) is 10.4. The molecule has 2 N–H and O–H groups in total. The van der Waals surface area contributed by atoms with Gasteiger partial charge >= 0.3 is 0 Å². The molecule has 0 saturated carbocycles. The summed E-state index contributed by atoms with van der Waals surface area (Å²) in [6, 6.07) is 1.74. The molecule has 0 aliphatic carbocycles. The Balaban J connectivity index is 2.73. The van der Waals surface area contributed by atoms with Gasteiger partial charge in [-0.05, 0) is 13.3 Å². The maximum Gasteiger partial charge on any atom is 0.226 e. The van der Waals surface area contributed by atoms with Gasteiger partial charge in [-0.3, -0.25) is 0 Å². The second-order valence-corrected chi connectivity index (χ2v) is 3.68. The largest absolute Gasteiger partial charge is 0.481 e. The Bertz CT molecular complexity index is 341. The molecule has 0 fully saturated rings. The zero-order valence-corrected chi connectivity index (χ0v) is 10.4. The number of ether oxygens (including phenoxy) is 2. The van der Waals surface area contributed by atoms with E-state index in [-0.39, 0.29) is 12.6 Å². The van der Waals surface area contributed by atoms with Crippen LogP contribution in [0.3, 0.4) is 0 Å². The van der Waals surface area contributed by atoms with Gasteiger partial charge in [0.1, 0.15) is 0 Å². The second kappa shape index (κ2) is 7.03. The molecular weight excluding hydrogens is 222 g/mol. The van der Waals surface area contributed by atoms with Crippen LogP contribution < -0.4 is 10.1 Å². The summed E-state index contributed by atoms with van der Waals surface area (Å²) in [6.45, 7) is 2.44. The molecule has 1 heterocycles. The first kappa shape index (κ1) is 13.7. The van der Waals surface area contributed by atoms with Gasteiger partial charge in [0.25, 0.3) is 0 Å². The Morgan fingerprint density at radius 3 is 2.76 bits per heavy atom. The number of aliphatic hydroxyl groups is 1. The summed E-state index contributed by atoms with van der Waals surface area (Å²) >= 11 is 0. The fourth-order valence-corrected chi connectivity index (χ4v) is 1.45. The van der Waals surface area contributed by atoms with Gasteiger partial charge in [-0.15, -0.1) is 0 Å². The molecule has 0 bridgehead atoms. The third kappa shape index (κ3) is 4.54. The molecule has 96 valence electrons. The highest BCUT2D eigenvalue weighted by Gasteiger charge is 2.10. The highest BCUT2D eigenvalue weighted by molar-refractivity contribution is 5.31. The smallest absolute Gasteiger partial charge is 0.226 e. The predicted octanol–water partition coefficient (Wildman–Crippen LogP) is 0.603. The minimum atomic E-state index is -0.0171. The number of methoxy groups -OCH3 is 2. The van der Waals surface area contributed by atoms with E-state index >= 15 is 0 Å². The van der Waals surface area contributed by atoms with Crippen molar-refractivity contribution >= 4 is 5.95 Å². The fourth-order valence-electron chi connectivity index (χ4n) is 1.45. The van der Waals surface area contributed by atoms with Gasteiger partial charge in [-0.25, -0.2) is 4.98 Å². The van der Waals surface area contributed by atoms with Crippen molar-refractivity contribution < 1.29 is 14.6 Å². The van der Waals surface area contributed by atoms with Crippen LogP contribution in [0.1, 0.15) is 12.1 Å². The standard InChI is InChI=1S/C11H19N3O3/c1-8-6-10(17-3)14-11(12-8)13-9(4-5-15)7-16-2/h6,9,15H,4-5,7H2,1-3H3,(H,12,13,14). The van der Waals surface area contributed by atoms with Gasteiger partial charge in [-0.2, -0.15) is 4.98 Å². The number of aromatic nitrogens is 2. The molecule has 0 saturated heterocycles. The third-order valence-corrected chi connectivity index (χ3v) is 2.22. The molecule has 1 aromatic heterocycles. The van der Waals surface area contributed by atoms with Crippen LogP contribution in [0.2, 0.25) is 0 Å². The van der Waals surface area contributed by atoms with Crippen LogP contribution in [0, 0.1) is 6.92 Å². The number of anilines is 1. The summed E-state index contributed by atoms with van der Waals surface area (Å²) in [5.74, 6) is 0.998. The van der Waals surface area contributed by atoms with Crippen molar-refractivity contribution in [3.8, 4) is 5.88 Å². The number of rotatable bonds is 7. The number of aryl methyl sites for hydroxylation is 1. The Hall–Kier alpha value is -1.40. The van der Waals surface area contributed by atoms with Crippen molar-refractivity contribution in [3.05, 3.63) is 11.8 Å². The SMILES string of the molecule is COCC(CCO)Nc1nc(C)cc(OC)n1. The topological polar surface area (TPSA) is 76.5 Å². The molecule has 17 heavy (non-hydrogen) atoms. The zero-order chi connectivity index (χ0) is 12.7. The van der Waals surface area contributed by atoms with Crippen molar-refractivity contribution in [3.63, 3.8) is 0 Å². The predicted molar refractivity (Wildman–Crippen MR) is 64.3 cm³/mol. The highest BCUT2D eigenvalue weighted by atomic mass is 16.5. The van der Waals surface area contributed by atoms with Crippen LogP contribution >= 0.6 is 0 Å². The maximum absolute atomic E-state index is 8.94. The molecule has 6 heteroatoms. The van der Waals surface area contributed by atoms with E-state index in [2.05, 4.69) is 15.3 Å². The van der Waals surface area contributed by atoms with Gasteiger partial charge < -0.3 is 19.9 Å². The number of aliphatic hydroxyl groups excluding tert-OH is 1. The first-order valence-electron chi connectivity index (χ1n) is 5.45. The summed E-state index contributed by atoms with van der Waals surface area (Å²) < 4.78 is 10.1. The molecule has 1 unspecified atom stereocenters. The molecule has 0 radical (unpaired) electrons. The Kier molecular flexibility index (Phi) is 5.65. The first-order chi connectivity index (χ1) is 8.19. The minimum Gasteiger partial charge on any atom is -0.481 e. The van der Waals surface area contributed by atoms with Gasteiger partial charge in [0.2, 0.25) is 11.8 Å². The van der Waals surface area contributed by atoms with E-state index in [0.29, 0.717) is 24.9 Å². The van der Waals surface area contributed by atoms with E-state index in [4.69, 9.17) is 14.6 Å². The van der Waals surface area contributed by atoms with Crippen molar-refractivity contribution in [2.45, 2.75) is 19.4 Å². The number of nitrogens with zero attached hydrogens (tertiary/aromatic N) is 2. The lowest BCUT2D eigenvalue weighted by molar-refractivity contribution is 0.170. The third-order valence-electron chi connectivity index (χ3n) is 2.22. The molecule has 0 aliphatic heterocycles. The molecule has 0 spiro atoms. The van der Waals surface area contributed by atoms with Crippen molar-refractivity contribution in [2.75, 3.05) is 32.8 Å². The molecular formula is C11H19N3O3. The average Bonchev–Trinajstić information content (AvgIpc) is 2.29. The summed E-state index contributed by atoms with van der Waals surface area (Å²) in [4.78, 5) is 8.42. The lowest BCUT2D eigenvalue weighted by atomic mass is 10.2. The van der Waals surface area contributed by atoms with E-state index in [1.165, 1.54) is 0 Å². The Morgan fingerprint density at radius 2 is 2.18 bits per heavy atom. The van der Waals surface area contributed by atoms with Crippen LogP contribution in [0.4, 0.5) is 5.95 Å². The van der Waals surface area contributed by atoms with Crippen LogP contribution in [-0.2, 0) is 4.74 Å². The van der Waals surface area contributed by atoms with E-state index in [1.807, 2.05) is 6.92 Å². The van der Waals surface area contributed by atoms with Crippen LogP contribution in [-0.4, -0.2) is 48.5 Å². The van der Waals surface area contributed by atoms with Gasteiger partial charge in [0, 0.05) is 25.5 Å². The van der Waals surface area contributed by atoms with Crippen LogP contribution in [0.25, 0.3) is 0 Å². The van der Waals surface area contributed by atoms with Crippen molar-refractivity contribution in [1.29, 1.82) is 0 Å². The summed E-state index contributed by atoms with van der Waals surface area (Å²) in [7, 11) is 3.18. The highest BCUT2D eigenvalue weighted by Crippen LogP contribution is 2.12. The lowest BCUT2D eigenvalue weighted by Crippen LogP contribution is -2.27. The Labute approximate surface area is 101 Å². The van der Waals surface area contributed by atoms with E-state index in [1.54, 1.807) is 20.3 Å². The molecule has 0 amide bonds. The van der Waals surface area contributed by atoms with Crippen molar-refractivity contribution in [1.82, 2.24) is 9.97 Å². The first-order valence-corrected chi connectivity index (χ1v) is 5.45. The molecule has 1 atom stereocenters. The van der Waals surface area contributed by atoms with Gasteiger partial charge in [0.05, 0.1) is 19.8 Å². The number of nitrogens with one attached hydrogen (secondary N) is 1. The molecule has 0 aromatic carbocycles. The monoisotopic (exact) mass is 241 g/mol. The Morgan fingerprint density at radius 1 is 1.41 bits per heavy atom. The summed E-state index contributed by atoms with van der Waals surface area (Å²) in [5.41, 5.74) is 0.819. The van der Waals surface area contributed by atoms with Crippen LogP contribution in [0.15, 0.2) is 6.07 Å². The molecule has 0 aliphatic rings. The molecule has 6 nitrogen and oxygen atoms in total. The van der Waals surface area contributed by atoms with E-state index in [9.17, 15) is 0 Å². The normalized spacial score (nSPS) is 12.2. The number of hydrogen-bond donors (Lipinski definition) is 2. The number of hydrogen-bond acceptors (Lipinski definition) is 6. The van der Waals surface area contributed by atoms with E-state index in [0.717, 1.165) is 5.69 Å². The molecule has 1 rings (SSSR count). The average molecular weight is 241 g/mol. The quantitative estimate of drug-likeness (QED) is 0.728. The van der Waals surface area contributed by atoms with Gasteiger partial charge in [0.15, 0.2) is 0 Å². The lowest BCUT2D eigenvalue weighted by Gasteiger charge is -2.17. The molecule has 1 aromatic rings. The fraction of sp³-hybridized carbons (Fsp3) is 0.636. The summed E-state index contributed by atoms with van der Waals surface area (Å²) in [6.07, 6.45) is 0.577. The maximum atomic E-state index is 8.94. The van der Waals surface area contributed by atoms with Crippen LogP contribution in [0.5, 0.6) is 5.88 Å². The van der Waals surface area contributed by atoms with Crippen molar-refractivity contribution in [2.24, 2.45) is 0 Å². The second-order valence-electron chi connectivity index (χ2n) is 3.68.